The highest BCUT2D eigenvalue weighted by Gasteiger charge is 2.27. The lowest BCUT2D eigenvalue weighted by Gasteiger charge is -2.25. The molecular formula is C16H25NO3. The van der Waals surface area contributed by atoms with Gasteiger partial charge in [0.25, 0.3) is 0 Å². The van der Waals surface area contributed by atoms with Crippen LogP contribution in [0.2, 0.25) is 0 Å². The molecule has 112 valence electrons. The molecule has 0 saturated carbocycles. The Hall–Kier alpha value is -1.26. The monoisotopic (exact) mass is 279 g/mol. The summed E-state index contributed by atoms with van der Waals surface area (Å²) < 4.78 is 10.6. The molecule has 4 heteroatoms. The van der Waals surface area contributed by atoms with Crippen LogP contribution in [0.15, 0.2) is 18.2 Å². The van der Waals surface area contributed by atoms with E-state index in [1.165, 1.54) is 6.42 Å². The Morgan fingerprint density at radius 1 is 1.35 bits per heavy atom. The van der Waals surface area contributed by atoms with Gasteiger partial charge < -0.3 is 19.5 Å². The minimum atomic E-state index is -0.269. The van der Waals surface area contributed by atoms with Crippen molar-refractivity contribution in [2.45, 2.75) is 37.8 Å². The van der Waals surface area contributed by atoms with Crippen molar-refractivity contribution in [1.82, 2.24) is 4.90 Å². The van der Waals surface area contributed by atoms with Crippen LogP contribution in [0.5, 0.6) is 11.5 Å². The number of ether oxygens (including phenoxy) is 2. The summed E-state index contributed by atoms with van der Waals surface area (Å²) in [5.74, 6) is 1.62. The molecule has 2 atom stereocenters. The Morgan fingerprint density at radius 3 is 2.75 bits per heavy atom. The quantitative estimate of drug-likeness (QED) is 0.866. The molecule has 1 aromatic rings. The van der Waals surface area contributed by atoms with E-state index in [0.29, 0.717) is 6.04 Å². The van der Waals surface area contributed by atoms with Crippen LogP contribution in [-0.2, 0) is 6.42 Å². The lowest BCUT2D eigenvalue weighted by Crippen LogP contribution is -2.36. The number of benzene rings is 1. The van der Waals surface area contributed by atoms with Crippen molar-refractivity contribution in [3.05, 3.63) is 23.8 Å². The number of hydrogen-bond donors (Lipinski definition) is 1. The number of aliphatic hydroxyl groups excluding tert-OH is 1. The molecule has 1 aromatic carbocycles. The molecular weight excluding hydrogens is 254 g/mol. The van der Waals surface area contributed by atoms with E-state index >= 15 is 0 Å². The maximum Gasteiger partial charge on any atom is 0.125 e. The second kappa shape index (κ2) is 6.95. The van der Waals surface area contributed by atoms with Gasteiger partial charge in [-0.2, -0.15) is 0 Å². The summed E-state index contributed by atoms with van der Waals surface area (Å²) in [7, 11) is 5.41. The predicted octanol–water partition coefficient (Wildman–Crippen LogP) is 2.09. The number of likely N-dealkylation sites (tertiary alicyclic amines) is 1. The van der Waals surface area contributed by atoms with Crippen molar-refractivity contribution < 1.29 is 14.6 Å². The molecule has 4 nitrogen and oxygen atoms in total. The zero-order valence-electron chi connectivity index (χ0n) is 12.6. The topological polar surface area (TPSA) is 41.9 Å². The minimum Gasteiger partial charge on any atom is -0.497 e. The molecule has 2 rings (SSSR count). The van der Waals surface area contributed by atoms with Gasteiger partial charge in [0.1, 0.15) is 11.5 Å². The third-order valence-corrected chi connectivity index (χ3v) is 4.22. The number of likely N-dealkylation sites (N-methyl/N-ethyl adjacent to an activating group) is 1. The molecule has 1 fully saturated rings. The van der Waals surface area contributed by atoms with Crippen LogP contribution in [-0.4, -0.2) is 50.0 Å². The van der Waals surface area contributed by atoms with E-state index in [1.54, 1.807) is 14.2 Å². The van der Waals surface area contributed by atoms with Crippen LogP contribution in [0.3, 0.4) is 0 Å². The second-order valence-corrected chi connectivity index (χ2v) is 5.47. The second-order valence-electron chi connectivity index (χ2n) is 5.47. The van der Waals surface area contributed by atoms with Crippen molar-refractivity contribution in [1.29, 1.82) is 0 Å². The van der Waals surface area contributed by atoms with E-state index in [4.69, 9.17) is 9.47 Å². The van der Waals surface area contributed by atoms with Crippen molar-refractivity contribution >= 4 is 0 Å². The third-order valence-electron chi connectivity index (χ3n) is 4.22. The van der Waals surface area contributed by atoms with Gasteiger partial charge in [0, 0.05) is 12.1 Å². The van der Waals surface area contributed by atoms with Crippen LogP contribution >= 0.6 is 0 Å². The lowest BCUT2D eigenvalue weighted by molar-refractivity contribution is 0.0787. The Bertz CT molecular complexity index is 436. The van der Waals surface area contributed by atoms with Gasteiger partial charge in [0.2, 0.25) is 0 Å². The highest BCUT2D eigenvalue weighted by molar-refractivity contribution is 5.40. The normalized spacial score (nSPS) is 20.9. The van der Waals surface area contributed by atoms with Gasteiger partial charge in [-0.05, 0) is 50.9 Å². The highest BCUT2D eigenvalue weighted by atomic mass is 16.5. The molecule has 1 saturated heterocycles. The van der Waals surface area contributed by atoms with E-state index in [2.05, 4.69) is 11.9 Å². The maximum absolute atomic E-state index is 10.3. The molecule has 0 spiro atoms. The van der Waals surface area contributed by atoms with E-state index in [0.717, 1.165) is 42.9 Å². The summed E-state index contributed by atoms with van der Waals surface area (Å²) in [5.41, 5.74) is 1.12. The summed E-state index contributed by atoms with van der Waals surface area (Å²) in [6.45, 7) is 1.09. The van der Waals surface area contributed by atoms with Crippen molar-refractivity contribution in [3.63, 3.8) is 0 Å². The minimum absolute atomic E-state index is 0.269. The molecule has 20 heavy (non-hydrogen) atoms. The van der Waals surface area contributed by atoms with E-state index in [-0.39, 0.29) is 6.10 Å². The van der Waals surface area contributed by atoms with Crippen molar-refractivity contribution in [2.75, 3.05) is 27.8 Å². The van der Waals surface area contributed by atoms with Crippen molar-refractivity contribution in [2.24, 2.45) is 0 Å². The maximum atomic E-state index is 10.3. The highest BCUT2D eigenvalue weighted by Crippen LogP contribution is 2.27. The first-order valence-electron chi connectivity index (χ1n) is 7.25. The molecule has 0 radical (unpaired) electrons. The van der Waals surface area contributed by atoms with Gasteiger partial charge in [-0.15, -0.1) is 0 Å². The summed E-state index contributed by atoms with van der Waals surface area (Å²) in [6, 6.07) is 6.15. The summed E-state index contributed by atoms with van der Waals surface area (Å²) >= 11 is 0. The molecule has 0 unspecified atom stereocenters. The van der Waals surface area contributed by atoms with Crippen LogP contribution in [0.4, 0.5) is 0 Å². The van der Waals surface area contributed by atoms with Gasteiger partial charge in [-0.3, -0.25) is 0 Å². The number of aliphatic hydroxyl groups is 1. The SMILES string of the molecule is COc1ccc(CC[C@H](O)[C@@H]2CCCN2C)c(OC)c1. The lowest BCUT2D eigenvalue weighted by atomic mass is 10.00. The van der Waals surface area contributed by atoms with Gasteiger partial charge in [0.05, 0.1) is 20.3 Å². The Labute approximate surface area is 121 Å². The fourth-order valence-corrected chi connectivity index (χ4v) is 2.98. The Morgan fingerprint density at radius 2 is 2.15 bits per heavy atom. The van der Waals surface area contributed by atoms with E-state index in [9.17, 15) is 5.11 Å². The number of methoxy groups -OCH3 is 2. The number of hydrogen-bond acceptors (Lipinski definition) is 4. The van der Waals surface area contributed by atoms with Crippen LogP contribution < -0.4 is 9.47 Å². The average Bonchev–Trinajstić information content (AvgIpc) is 2.90. The number of aryl methyl sites for hydroxylation is 1. The number of nitrogens with zero attached hydrogens (tertiary/aromatic N) is 1. The fraction of sp³-hybridized carbons (Fsp3) is 0.625. The molecule has 0 aromatic heterocycles. The zero-order chi connectivity index (χ0) is 14.5. The van der Waals surface area contributed by atoms with Crippen LogP contribution in [0.1, 0.15) is 24.8 Å². The van der Waals surface area contributed by atoms with Crippen LogP contribution in [0, 0.1) is 0 Å². The average molecular weight is 279 g/mol. The smallest absolute Gasteiger partial charge is 0.125 e. The summed E-state index contributed by atoms with van der Waals surface area (Å²) in [5, 5.41) is 10.3. The van der Waals surface area contributed by atoms with Crippen molar-refractivity contribution in [3.8, 4) is 11.5 Å². The van der Waals surface area contributed by atoms with Gasteiger partial charge in [-0.1, -0.05) is 6.07 Å². The first-order valence-corrected chi connectivity index (χ1v) is 7.25. The van der Waals surface area contributed by atoms with E-state index < -0.39 is 0 Å². The Kier molecular flexibility index (Phi) is 5.26. The van der Waals surface area contributed by atoms with Gasteiger partial charge in [-0.25, -0.2) is 0 Å². The molecule has 0 aliphatic carbocycles. The fourth-order valence-electron chi connectivity index (χ4n) is 2.98. The molecule has 1 heterocycles. The molecule has 0 bridgehead atoms. The number of rotatable bonds is 6. The zero-order valence-corrected chi connectivity index (χ0v) is 12.6. The molecule has 0 amide bonds. The summed E-state index contributed by atoms with van der Waals surface area (Å²) in [4.78, 5) is 2.26. The third kappa shape index (κ3) is 3.44. The molecule has 1 N–H and O–H groups in total. The van der Waals surface area contributed by atoms with Gasteiger partial charge in [0.15, 0.2) is 0 Å². The molecule has 1 aliphatic heterocycles. The first-order chi connectivity index (χ1) is 9.65. The predicted molar refractivity (Wildman–Crippen MR) is 79.5 cm³/mol. The first kappa shape index (κ1) is 15.1. The standard InChI is InChI=1S/C16H25NO3/c1-17-10-4-5-14(17)15(18)9-7-12-6-8-13(19-2)11-16(12)20-3/h6,8,11,14-15,18H,4-5,7,9-10H2,1-3H3/t14-,15-/m0/s1. The largest absolute Gasteiger partial charge is 0.497 e. The summed E-state index contributed by atoms with van der Waals surface area (Å²) in [6.07, 6.45) is 3.59. The van der Waals surface area contributed by atoms with E-state index in [1.807, 2.05) is 18.2 Å². The van der Waals surface area contributed by atoms with Crippen LogP contribution in [0.25, 0.3) is 0 Å². The Balaban J connectivity index is 1.96. The molecule has 1 aliphatic rings. The van der Waals surface area contributed by atoms with Gasteiger partial charge >= 0.3 is 0 Å².